The lowest BCUT2D eigenvalue weighted by atomic mass is 10.1. The molecule has 2 aromatic heterocycles. The fourth-order valence-corrected chi connectivity index (χ4v) is 4.18. The van der Waals surface area contributed by atoms with Gasteiger partial charge in [0.15, 0.2) is 0 Å². The van der Waals surface area contributed by atoms with Gasteiger partial charge in [0, 0.05) is 17.8 Å². The molecule has 4 rings (SSSR count). The first-order valence-corrected chi connectivity index (χ1v) is 10.2. The summed E-state index contributed by atoms with van der Waals surface area (Å²) in [5.74, 6) is 0.0475. The number of non-ortho nitro benzene ring substituents is 1. The average Bonchev–Trinajstić information content (AvgIpc) is 3.11. The van der Waals surface area contributed by atoms with E-state index < -0.39 is 10.9 Å². The molecule has 0 radical (unpaired) electrons. The van der Waals surface area contributed by atoms with Crippen molar-refractivity contribution in [3.05, 3.63) is 86.5 Å². The van der Waals surface area contributed by atoms with Gasteiger partial charge in [0.05, 0.1) is 10.3 Å². The predicted octanol–water partition coefficient (Wildman–Crippen LogP) is 5.32. The monoisotopic (exact) mass is 434 g/mol. The topological polar surface area (TPSA) is 107 Å². The Labute approximate surface area is 181 Å². The first kappa shape index (κ1) is 20.4. The maximum atomic E-state index is 12.7. The molecule has 1 N–H and O–H groups in total. The summed E-state index contributed by atoms with van der Waals surface area (Å²) < 4.78 is 5.47. The minimum absolute atomic E-state index is 0.0226. The van der Waals surface area contributed by atoms with Crippen LogP contribution in [-0.2, 0) is 11.3 Å². The van der Waals surface area contributed by atoms with Crippen LogP contribution in [0, 0.1) is 24.0 Å². The standard InChI is InChI=1S/C22H18N4O4S/c1-13-8-9-16(26(28)29)10-17(13)25-20-18-14(2)19(31-21(18)24-12-23-20)22(27)30-11-15-6-4-3-5-7-15/h3-10,12H,11H2,1-2H3,(H,23,24,25). The Morgan fingerprint density at radius 2 is 1.94 bits per heavy atom. The molecule has 0 unspecified atom stereocenters. The van der Waals surface area contributed by atoms with Gasteiger partial charge >= 0.3 is 5.97 Å². The lowest BCUT2D eigenvalue weighted by Crippen LogP contribution is -2.04. The number of carbonyl (C=O) groups is 1. The molecule has 4 aromatic rings. The normalized spacial score (nSPS) is 10.8. The number of rotatable bonds is 6. The zero-order valence-corrected chi connectivity index (χ0v) is 17.6. The number of nitro groups is 1. The Morgan fingerprint density at radius 3 is 2.68 bits per heavy atom. The number of nitro benzene ring substituents is 1. The van der Waals surface area contributed by atoms with Gasteiger partial charge in [-0.25, -0.2) is 14.8 Å². The maximum absolute atomic E-state index is 12.7. The predicted molar refractivity (Wildman–Crippen MR) is 119 cm³/mol. The lowest BCUT2D eigenvalue weighted by Gasteiger charge is -2.10. The van der Waals surface area contributed by atoms with Gasteiger partial charge < -0.3 is 10.1 Å². The highest BCUT2D eigenvalue weighted by atomic mass is 32.1. The molecule has 0 bridgehead atoms. The molecule has 2 aromatic carbocycles. The number of aryl methyl sites for hydroxylation is 2. The molecular weight excluding hydrogens is 416 g/mol. The van der Waals surface area contributed by atoms with Gasteiger partial charge in [0.2, 0.25) is 0 Å². The molecule has 31 heavy (non-hydrogen) atoms. The largest absolute Gasteiger partial charge is 0.457 e. The Morgan fingerprint density at radius 1 is 1.16 bits per heavy atom. The van der Waals surface area contributed by atoms with E-state index in [-0.39, 0.29) is 12.3 Å². The van der Waals surface area contributed by atoms with E-state index in [9.17, 15) is 14.9 Å². The molecule has 9 heteroatoms. The van der Waals surface area contributed by atoms with E-state index >= 15 is 0 Å². The Hall–Kier alpha value is -3.85. The Balaban J connectivity index is 1.65. The molecule has 156 valence electrons. The molecular formula is C22H18N4O4S. The number of thiophene rings is 1. The van der Waals surface area contributed by atoms with Crippen LogP contribution in [0.4, 0.5) is 17.2 Å². The molecule has 0 aliphatic heterocycles. The summed E-state index contributed by atoms with van der Waals surface area (Å²) in [6, 6.07) is 14.0. The molecule has 2 heterocycles. The number of hydrogen-bond donors (Lipinski definition) is 1. The summed E-state index contributed by atoms with van der Waals surface area (Å²) >= 11 is 1.23. The number of aromatic nitrogens is 2. The third-order valence-corrected chi connectivity index (χ3v) is 5.99. The fourth-order valence-electron chi connectivity index (χ4n) is 3.14. The highest BCUT2D eigenvalue weighted by molar-refractivity contribution is 7.20. The number of benzene rings is 2. The first-order valence-electron chi connectivity index (χ1n) is 9.41. The molecule has 0 spiro atoms. The molecule has 0 aliphatic rings. The van der Waals surface area contributed by atoms with E-state index in [1.807, 2.05) is 44.2 Å². The highest BCUT2D eigenvalue weighted by Crippen LogP contribution is 2.36. The van der Waals surface area contributed by atoms with Gasteiger partial charge in [-0.1, -0.05) is 36.4 Å². The zero-order chi connectivity index (χ0) is 22.0. The van der Waals surface area contributed by atoms with Gasteiger partial charge in [-0.05, 0) is 30.5 Å². The summed E-state index contributed by atoms with van der Waals surface area (Å²) in [5, 5.41) is 15.0. The summed E-state index contributed by atoms with van der Waals surface area (Å²) in [7, 11) is 0. The second-order valence-corrected chi connectivity index (χ2v) is 7.90. The van der Waals surface area contributed by atoms with Crippen LogP contribution in [-0.4, -0.2) is 20.9 Å². The van der Waals surface area contributed by atoms with Crippen molar-refractivity contribution in [2.75, 3.05) is 5.32 Å². The van der Waals surface area contributed by atoms with Crippen molar-refractivity contribution in [1.82, 2.24) is 9.97 Å². The van der Waals surface area contributed by atoms with E-state index in [4.69, 9.17) is 4.74 Å². The van der Waals surface area contributed by atoms with Crippen LogP contribution in [0.25, 0.3) is 10.2 Å². The molecule has 0 saturated heterocycles. The van der Waals surface area contributed by atoms with Crippen molar-refractivity contribution in [2.24, 2.45) is 0 Å². The Kier molecular flexibility index (Phi) is 5.59. The van der Waals surface area contributed by atoms with E-state index in [1.54, 1.807) is 6.07 Å². The van der Waals surface area contributed by atoms with Crippen LogP contribution < -0.4 is 5.32 Å². The minimum atomic E-state index is -0.448. The van der Waals surface area contributed by atoms with Crippen LogP contribution in [0.5, 0.6) is 0 Å². The third kappa shape index (κ3) is 4.22. The lowest BCUT2D eigenvalue weighted by molar-refractivity contribution is -0.384. The number of ether oxygens (including phenoxy) is 1. The average molecular weight is 434 g/mol. The van der Waals surface area contributed by atoms with Crippen LogP contribution in [0.2, 0.25) is 0 Å². The number of anilines is 2. The van der Waals surface area contributed by atoms with Gasteiger partial charge in [-0.3, -0.25) is 10.1 Å². The van der Waals surface area contributed by atoms with Gasteiger partial charge in [0.25, 0.3) is 5.69 Å². The van der Waals surface area contributed by atoms with Crippen LogP contribution >= 0.6 is 11.3 Å². The smallest absolute Gasteiger partial charge is 0.349 e. The van der Waals surface area contributed by atoms with Crippen molar-refractivity contribution < 1.29 is 14.5 Å². The van der Waals surface area contributed by atoms with Crippen LogP contribution in [0.15, 0.2) is 54.9 Å². The van der Waals surface area contributed by atoms with Crippen LogP contribution in [0.1, 0.15) is 26.4 Å². The van der Waals surface area contributed by atoms with Crippen molar-refractivity contribution in [1.29, 1.82) is 0 Å². The van der Waals surface area contributed by atoms with E-state index in [0.29, 0.717) is 32.2 Å². The van der Waals surface area contributed by atoms with Crippen molar-refractivity contribution in [3.63, 3.8) is 0 Å². The Bertz CT molecular complexity index is 1290. The summed E-state index contributed by atoms with van der Waals surface area (Å²) in [6.07, 6.45) is 1.40. The number of fused-ring (bicyclic) bond motifs is 1. The number of esters is 1. The van der Waals surface area contributed by atoms with Gasteiger partial charge in [0.1, 0.15) is 28.5 Å². The number of carbonyl (C=O) groups excluding carboxylic acids is 1. The zero-order valence-electron chi connectivity index (χ0n) is 16.8. The summed E-state index contributed by atoms with van der Waals surface area (Å²) in [5.41, 5.74) is 2.97. The third-order valence-electron chi connectivity index (χ3n) is 4.81. The van der Waals surface area contributed by atoms with Crippen molar-refractivity contribution in [2.45, 2.75) is 20.5 Å². The molecule has 0 atom stereocenters. The van der Waals surface area contributed by atoms with Gasteiger partial charge in [-0.15, -0.1) is 11.3 Å². The minimum Gasteiger partial charge on any atom is -0.457 e. The quantitative estimate of drug-likeness (QED) is 0.249. The fraction of sp³-hybridized carbons (Fsp3) is 0.136. The van der Waals surface area contributed by atoms with E-state index in [1.165, 1.54) is 29.8 Å². The molecule has 0 aliphatic carbocycles. The van der Waals surface area contributed by atoms with E-state index in [2.05, 4.69) is 15.3 Å². The second-order valence-electron chi connectivity index (χ2n) is 6.90. The molecule has 8 nitrogen and oxygen atoms in total. The summed E-state index contributed by atoms with van der Waals surface area (Å²) in [4.78, 5) is 33.0. The van der Waals surface area contributed by atoms with Crippen molar-refractivity contribution in [3.8, 4) is 0 Å². The van der Waals surface area contributed by atoms with Gasteiger partial charge in [-0.2, -0.15) is 0 Å². The second kappa shape index (κ2) is 8.49. The molecule has 0 amide bonds. The number of nitrogens with one attached hydrogen (secondary N) is 1. The van der Waals surface area contributed by atoms with Crippen molar-refractivity contribution >= 4 is 44.7 Å². The van der Waals surface area contributed by atoms with Crippen LogP contribution in [0.3, 0.4) is 0 Å². The first-order chi connectivity index (χ1) is 14.9. The molecule has 0 fully saturated rings. The molecule has 0 saturated carbocycles. The summed E-state index contributed by atoms with van der Waals surface area (Å²) in [6.45, 7) is 3.83. The highest BCUT2D eigenvalue weighted by Gasteiger charge is 2.21. The number of hydrogen-bond acceptors (Lipinski definition) is 8. The number of nitrogens with zero attached hydrogens (tertiary/aromatic N) is 3. The SMILES string of the molecule is Cc1ccc([N+](=O)[O-])cc1Nc1ncnc2sc(C(=O)OCc3ccccc3)c(C)c12. The van der Waals surface area contributed by atoms with E-state index in [0.717, 1.165) is 11.1 Å². The maximum Gasteiger partial charge on any atom is 0.349 e.